The molecule has 0 saturated carbocycles. The van der Waals surface area contributed by atoms with Crippen LogP contribution in [-0.2, 0) is 17.6 Å². The Balaban J connectivity index is 1.69. The van der Waals surface area contributed by atoms with Gasteiger partial charge in [-0.1, -0.05) is 6.07 Å². The van der Waals surface area contributed by atoms with E-state index < -0.39 is 0 Å². The Kier molecular flexibility index (Phi) is 5.08. The molecule has 132 valence electrons. The molecule has 0 aliphatic heterocycles. The minimum atomic E-state index is -0.0735. The number of carbonyl (C=O) groups excluding carboxylic acids is 2. The number of nitrogens with zero attached hydrogens (tertiary/aromatic N) is 1. The van der Waals surface area contributed by atoms with Crippen LogP contribution in [0.3, 0.4) is 0 Å². The Morgan fingerprint density at radius 3 is 2.80 bits per heavy atom. The molecule has 2 aromatic rings. The molecule has 6 heteroatoms. The molecule has 0 bridgehead atoms. The fourth-order valence-electron chi connectivity index (χ4n) is 3.02. The molecule has 0 fully saturated rings. The molecule has 1 aromatic heterocycles. The number of thiophene rings is 1. The van der Waals surface area contributed by atoms with E-state index in [1.54, 1.807) is 37.4 Å². The minimum absolute atomic E-state index is 0.0191. The number of aryl methyl sites for hydroxylation is 1. The first-order valence-electron chi connectivity index (χ1n) is 8.26. The topological polar surface area (TPSA) is 58.6 Å². The standard InChI is InChI=1S/C19H22N2O3S/c1-21(2)19(23)17-10-13-9-12(7-8-16(13)25-17)18(22)20-14-5-4-6-15(11-14)24-3/h4-6,10-12H,7-9H2,1-3H3,(H,20,22)/t12-/m1/s1. The number of amides is 2. The molecule has 5 nitrogen and oxygen atoms in total. The molecular formula is C19H22N2O3S. The van der Waals surface area contributed by atoms with E-state index in [-0.39, 0.29) is 17.7 Å². The van der Waals surface area contributed by atoms with Crippen molar-refractivity contribution in [1.82, 2.24) is 4.90 Å². The number of hydrogen-bond donors (Lipinski definition) is 1. The number of nitrogens with one attached hydrogen (secondary N) is 1. The lowest BCUT2D eigenvalue weighted by atomic mass is 9.87. The summed E-state index contributed by atoms with van der Waals surface area (Å²) in [6.45, 7) is 0. The minimum Gasteiger partial charge on any atom is -0.497 e. The van der Waals surface area contributed by atoms with E-state index in [1.807, 2.05) is 30.3 Å². The van der Waals surface area contributed by atoms with Gasteiger partial charge in [0.05, 0.1) is 12.0 Å². The molecule has 0 spiro atoms. The Hall–Kier alpha value is -2.34. The quantitative estimate of drug-likeness (QED) is 0.913. The predicted molar refractivity (Wildman–Crippen MR) is 99.5 cm³/mol. The van der Waals surface area contributed by atoms with Crippen molar-refractivity contribution in [2.75, 3.05) is 26.5 Å². The van der Waals surface area contributed by atoms with Crippen molar-refractivity contribution in [3.05, 3.63) is 45.6 Å². The van der Waals surface area contributed by atoms with Gasteiger partial charge in [0.25, 0.3) is 5.91 Å². The van der Waals surface area contributed by atoms with Gasteiger partial charge in [-0.2, -0.15) is 0 Å². The van der Waals surface area contributed by atoms with E-state index in [1.165, 1.54) is 4.88 Å². The third-order valence-electron chi connectivity index (χ3n) is 4.41. The lowest BCUT2D eigenvalue weighted by molar-refractivity contribution is -0.120. The van der Waals surface area contributed by atoms with Gasteiger partial charge >= 0.3 is 0 Å². The summed E-state index contributed by atoms with van der Waals surface area (Å²) < 4.78 is 5.19. The predicted octanol–water partition coefficient (Wildman–Crippen LogP) is 3.20. The van der Waals surface area contributed by atoms with Crippen molar-refractivity contribution in [3.8, 4) is 5.75 Å². The van der Waals surface area contributed by atoms with Gasteiger partial charge in [-0.05, 0) is 43.0 Å². The van der Waals surface area contributed by atoms with Crippen LogP contribution in [0.1, 0.15) is 26.5 Å². The average molecular weight is 358 g/mol. The number of hydrogen-bond acceptors (Lipinski definition) is 4. The van der Waals surface area contributed by atoms with Crippen molar-refractivity contribution in [1.29, 1.82) is 0 Å². The summed E-state index contributed by atoms with van der Waals surface area (Å²) in [7, 11) is 5.11. The van der Waals surface area contributed by atoms with Crippen molar-refractivity contribution >= 4 is 28.8 Å². The Bertz CT molecular complexity index is 798. The zero-order chi connectivity index (χ0) is 18.0. The summed E-state index contributed by atoms with van der Waals surface area (Å²) in [5.41, 5.74) is 1.87. The molecule has 1 aliphatic rings. The van der Waals surface area contributed by atoms with Gasteiger partial charge in [0.1, 0.15) is 5.75 Å². The zero-order valence-electron chi connectivity index (χ0n) is 14.7. The maximum Gasteiger partial charge on any atom is 0.263 e. The molecule has 1 N–H and O–H groups in total. The number of ether oxygens (including phenoxy) is 1. The fourth-order valence-corrected chi connectivity index (χ4v) is 4.25. The monoisotopic (exact) mass is 358 g/mol. The highest BCUT2D eigenvalue weighted by atomic mass is 32.1. The van der Waals surface area contributed by atoms with Gasteiger partial charge in [0, 0.05) is 36.6 Å². The van der Waals surface area contributed by atoms with Crippen LogP contribution in [-0.4, -0.2) is 37.9 Å². The van der Waals surface area contributed by atoms with Crippen LogP contribution in [0.5, 0.6) is 5.75 Å². The Labute approximate surface area is 151 Å². The van der Waals surface area contributed by atoms with E-state index in [0.717, 1.165) is 29.0 Å². The molecule has 1 atom stereocenters. The smallest absolute Gasteiger partial charge is 0.263 e. The SMILES string of the molecule is COc1cccc(NC(=O)[C@@H]2CCc3sc(C(=O)N(C)C)cc3C2)c1. The molecule has 1 aromatic carbocycles. The van der Waals surface area contributed by atoms with Gasteiger partial charge in [0.2, 0.25) is 5.91 Å². The third-order valence-corrected chi connectivity index (χ3v) is 5.63. The van der Waals surface area contributed by atoms with Crippen LogP contribution in [0.25, 0.3) is 0 Å². The second-order valence-electron chi connectivity index (χ2n) is 6.42. The zero-order valence-corrected chi connectivity index (χ0v) is 15.5. The first kappa shape index (κ1) is 17.5. The number of methoxy groups -OCH3 is 1. The number of benzene rings is 1. The molecule has 3 rings (SSSR count). The molecule has 2 amide bonds. The molecule has 1 aliphatic carbocycles. The van der Waals surface area contributed by atoms with Crippen molar-refractivity contribution in [2.24, 2.45) is 5.92 Å². The summed E-state index contributed by atoms with van der Waals surface area (Å²) in [5.74, 6) is 0.686. The van der Waals surface area contributed by atoms with E-state index >= 15 is 0 Å². The summed E-state index contributed by atoms with van der Waals surface area (Å²) in [4.78, 5) is 28.3. The van der Waals surface area contributed by atoms with Gasteiger partial charge in [-0.25, -0.2) is 0 Å². The van der Waals surface area contributed by atoms with Gasteiger partial charge < -0.3 is 15.0 Å². The maximum absolute atomic E-state index is 12.6. The molecule has 0 radical (unpaired) electrons. The highest BCUT2D eigenvalue weighted by Gasteiger charge is 2.27. The van der Waals surface area contributed by atoms with Crippen LogP contribution in [0.15, 0.2) is 30.3 Å². The van der Waals surface area contributed by atoms with Crippen LogP contribution in [0, 0.1) is 5.92 Å². The second kappa shape index (κ2) is 7.27. The van der Waals surface area contributed by atoms with Gasteiger partial charge in [-0.3, -0.25) is 9.59 Å². The number of carbonyl (C=O) groups is 2. The molecule has 1 heterocycles. The summed E-state index contributed by atoms with van der Waals surface area (Å²) >= 11 is 1.55. The first-order chi connectivity index (χ1) is 12.0. The molecule has 25 heavy (non-hydrogen) atoms. The molecular weight excluding hydrogens is 336 g/mol. The van der Waals surface area contributed by atoms with E-state index in [9.17, 15) is 9.59 Å². The molecule has 0 saturated heterocycles. The number of anilines is 1. The molecule has 0 unspecified atom stereocenters. The lowest BCUT2D eigenvalue weighted by Crippen LogP contribution is -2.27. The first-order valence-corrected chi connectivity index (χ1v) is 9.07. The van der Waals surface area contributed by atoms with E-state index in [4.69, 9.17) is 4.74 Å². The van der Waals surface area contributed by atoms with Crippen LogP contribution >= 0.6 is 11.3 Å². The Morgan fingerprint density at radius 1 is 1.28 bits per heavy atom. The van der Waals surface area contributed by atoms with Gasteiger partial charge in [-0.15, -0.1) is 11.3 Å². The number of fused-ring (bicyclic) bond motifs is 1. The maximum atomic E-state index is 12.6. The van der Waals surface area contributed by atoms with Crippen molar-refractivity contribution < 1.29 is 14.3 Å². The van der Waals surface area contributed by atoms with Gasteiger partial charge in [0.15, 0.2) is 0 Å². The summed E-state index contributed by atoms with van der Waals surface area (Å²) in [6, 6.07) is 9.31. The highest BCUT2D eigenvalue weighted by Crippen LogP contribution is 2.33. The van der Waals surface area contributed by atoms with Crippen molar-refractivity contribution in [2.45, 2.75) is 19.3 Å². The van der Waals surface area contributed by atoms with E-state index in [0.29, 0.717) is 12.2 Å². The van der Waals surface area contributed by atoms with Crippen LogP contribution in [0.4, 0.5) is 5.69 Å². The van der Waals surface area contributed by atoms with Crippen LogP contribution in [0.2, 0.25) is 0 Å². The summed E-state index contributed by atoms with van der Waals surface area (Å²) in [5, 5.41) is 2.97. The summed E-state index contributed by atoms with van der Waals surface area (Å²) in [6.07, 6.45) is 2.33. The second-order valence-corrected chi connectivity index (χ2v) is 7.56. The fraction of sp³-hybridized carbons (Fsp3) is 0.368. The Morgan fingerprint density at radius 2 is 2.08 bits per heavy atom. The van der Waals surface area contributed by atoms with E-state index in [2.05, 4.69) is 5.32 Å². The largest absolute Gasteiger partial charge is 0.497 e. The third kappa shape index (κ3) is 3.85. The lowest BCUT2D eigenvalue weighted by Gasteiger charge is -2.21. The normalized spacial score (nSPS) is 16.0. The highest BCUT2D eigenvalue weighted by molar-refractivity contribution is 7.14. The van der Waals surface area contributed by atoms with Crippen LogP contribution < -0.4 is 10.1 Å². The van der Waals surface area contributed by atoms with Crippen molar-refractivity contribution in [3.63, 3.8) is 0 Å². The number of rotatable bonds is 4. The average Bonchev–Trinajstić information content (AvgIpc) is 3.04.